The van der Waals surface area contributed by atoms with Crippen LogP contribution in [0.15, 0.2) is 42.9 Å². The third-order valence-corrected chi connectivity index (χ3v) is 3.52. The lowest BCUT2D eigenvalue weighted by Gasteiger charge is -2.03. The summed E-state index contributed by atoms with van der Waals surface area (Å²) in [6, 6.07) is 10.7. The van der Waals surface area contributed by atoms with E-state index in [1.54, 1.807) is 11.0 Å². The molecule has 5 heteroatoms. The molecular formula is C16H15N5. The summed E-state index contributed by atoms with van der Waals surface area (Å²) in [5.74, 6) is 0.877. The Labute approximate surface area is 122 Å². The molecule has 3 aromatic rings. The maximum atomic E-state index is 4.39. The van der Waals surface area contributed by atoms with Crippen LogP contribution in [-0.4, -0.2) is 25.8 Å². The highest BCUT2D eigenvalue weighted by molar-refractivity contribution is 5.87. The van der Waals surface area contributed by atoms with Gasteiger partial charge >= 0.3 is 0 Å². The fourth-order valence-electron chi connectivity index (χ4n) is 2.23. The lowest BCUT2D eigenvalue weighted by atomic mass is 10.2. The maximum absolute atomic E-state index is 4.39. The summed E-state index contributed by atoms with van der Waals surface area (Å²) in [6.45, 7) is 0. The number of rotatable bonds is 4. The third-order valence-electron chi connectivity index (χ3n) is 3.52. The molecule has 1 aliphatic rings. The Hall–Kier alpha value is -2.69. The normalized spacial score (nSPS) is 14.9. The molecular weight excluding hydrogens is 262 g/mol. The highest BCUT2D eigenvalue weighted by Gasteiger charge is 2.22. The van der Waals surface area contributed by atoms with Crippen LogP contribution in [0.3, 0.4) is 0 Å². The van der Waals surface area contributed by atoms with E-state index in [2.05, 4.69) is 32.5 Å². The maximum Gasteiger partial charge on any atom is 0.167 e. The van der Waals surface area contributed by atoms with Crippen LogP contribution in [0.1, 0.15) is 18.4 Å². The highest BCUT2D eigenvalue weighted by atomic mass is 15.3. The van der Waals surface area contributed by atoms with Gasteiger partial charge in [0.2, 0.25) is 0 Å². The van der Waals surface area contributed by atoms with Crippen LogP contribution >= 0.6 is 0 Å². The number of hydrogen-bond donors (Lipinski definition) is 1. The van der Waals surface area contributed by atoms with Gasteiger partial charge in [-0.25, -0.2) is 14.6 Å². The molecule has 0 atom stereocenters. The van der Waals surface area contributed by atoms with E-state index in [1.807, 2.05) is 36.7 Å². The molecule has 1 aliphatic carbocycles. The molecule has 2 heterocycles. The Bertz CT molecular complexity index is 787. The van der Waals surface area contributed by atoms with Crippen LogP contribution in [0.2, 0.25) is 0 Å². The first-order chi connectivity index (χ1) is 10.4. The Morgan fingerprint density at radius 3 is 2.81 bits per heavy atom. The second-order valence-electron chi connectivity index (χ2n) is 5.19. The lowest BCUT2D eigenvalue weighted by molar-refractivity contribution is 0.949. The van der Waals surface area contributed by atoms with Crippen LogP contribution in [0, 0.1) is 0 Å². The van der Waals surface area contributed by atoms with Crippen LogP contribution in [-0.2, 0) is 0 Å². The minimum Gasteiger partial charge on any atom is -0.367 e. The van der Waals surface area contributed by atoms with Crippen molar-refractivity contribution in [2.75, 3.05) is 5.32 Å². The number of fused-ring (bicyclic) bond motifs is 1. The molecule has 1 fully saturated rings. The largest absolute Gasteiger partial charge is 0.367 e. The van der Waals surface area contributed by atoms with E-state index in [-0.39, 0.29) is 0 Å². The molecule has 21 heavy (non-hydrogen) atoms. The highest BCUT2D eigenvalue weighted by Crippen LogP contribution is 2.27. The molecule has 0 amide bonds. The number of hydrogen-bond acceptors (Lipinski definition) is 4. The smallest absolute Gasteiger partial charge is 0.167 e. The molecule has 1 N–H and O–H groups in total. The SMILES string of the molecule is C(=C\n1ncc2c(NC3CC3)ncnc21)/c1ccccc1. The zero-order chi connectivity index (χ0) is 14.1. The topological polar surface area (TPSA) is 55.6 Å². The van der Waals surface area contributed by atoms with E-state index in [1.165, 1.54) is 12.8 Å². The van der Waals surface area contributed by atoms with E-state index in [0.29, 0.717) is 6.04 Å². The summed E-state index contributed by atoms with van der Waals surface area (Å²) in [4.78, 5) is 8.66. The molecule has 1 aromatic carbocycles. The second kappa shape index (κ2) is 5.01. The summed E-state index contributed by atoms with van der Waals surface area (Å²) >= 11 is 0. The summed E-state index contributed by atoms with van der Waals surface area (Å²) in [5.41, 5.74) is 1.95. The number of anilines is 1. The Morgan fingerprint density at radius 1 is 1.14 bits per heavy atom. The standard InChI is InChI=1S/C16H15N5/c1-2-4-12(5-3-1)8-9-21-16-14(10-19-21)15(17-11-18-16)20-13-6-7-13/h1-5,8-11,13H,6-7H2,(H,17,18,20)/b9-8+. The summed E-state index contributed by atoms with van der Waals surface area (Å²) in [5, 5.41) is 8.76. The predicted octanol–water partition coefficient (Wildman–Crippen LogP) is 3.03. The first kappa shape index (κ1) is 12.1. The quantitative estimate of drug-likeness (QED) is 0.796. The van der Waals surface area contributed by atoms with Crippen LogP contribution < -0.4 is 5.32 Å². The summed E-state index contributed by atoms with van der Waals surface area (Å²) in [6.07, 6.45) is 9.77. The van der Waals surface area contributed by atoms with Gasteiger partial charge in [0.1, 0.15) is 12.1 Å². The molecule has 0 spiro atoms. The van der Waals surface area contributed by atoms with Gasteiger partial charge in [-0.05, 0) is 24.5 Å². The monoisotopic (exact) mass is 277 g/mol. The average Bonchev–Trinajstić information content (AvgIpc) is 3.24. The van der Waals surface area contributed by atoms with Gasteiger partial charge in [-0.2, -0.15) is 5.10 Å². The fraction of sp³-hybridized carbons (Fsp3) is 0.188. The molecule has 0 aliphatic heterocycles. The van der Waals surface area contributed by atoms with Gasteiger partial charge in [0, 0.05) is 12.2 Å². The molecule has 0 radical (unpaired) electrons. The second-order valence-corrected chi connectivity index (χ2v) is 5.19. The van der Waals surface area contributed by atoms with Gasteiger partial charge in [0.05, 0.1) is 11.6 Å². The molecule has 5 nitrogen and oxygen atoms in total. The molecule has 0 bridgehead atoms. The van der Waals surface area contributed by atoms with Crippen molar-refractivity contribution in [2.24, 2.45) is 0 Å². The first-order valence-corrected chi connectivity index (χ1v) is 7.08. The molecule has 4 rings (SSSR count). The zero-order valence-corrected chi connectivity index (χ0v) is 11.5. The van der Waals surface area contributed by atoms with Gasteiger partial charge in [-0.15, -0.1) is 0 Å². The molecule has 104 valence electrons. The van der Waals surface area contributed by atoms with Gasteiger partial charge in [0.25, 0.3) is 0 Å². The Kier molecular flexibility index (Phi) is 2.88. The van der Waals surface area contributed by atoms with E-state index >= 15 is 0 Å². The fourth-order valence-corrected chi connectivity index (χ4v) is 2.23. The van der Waals surface area contributed by atoms with Crippen molar-refractivity contribution in [1.29, 1.82) is 0 Å². The van der Waals surface area contributed by atoms with Crippen LogP contribution in [0.25, 0.3) is 23.3 Å². The van der Waals surface area contributed by atoms with Crippen LogP contribution in [0.4, 0.5) is 5.82 Å². The van der Waals surface area contributed by atoms with Gasteiger partial charge in [-0.1, -0.05) is 30.3 Å². The molecule has 0 saturated heterocycles. The third kappa shape index (κ3) is 2.50. The first-order valence-electron chi connectivity index (χ1n) is 7.08. The molecule has 2 aromatic heterocycles. The number of nitrogens with zero attached hydrogens (tertiary/aromatic N) is 4. The Morgan fingerprint density at radius 2 is 2.00 bits per heavy atom. The number of benzene rings is 1. The van der Waals surface area contributed by atoms with E-state index < -0.39 is 0 Å². The van der Waals surface area contributed by atoms with Crippen molar-refractivity contribution in [1.82, 2.24) is 19.7 Å². The van der Waals surface area contributed by atoms with Crippen molar-refractivity contribution in [3.8, 4) is 0 Å². The lowest BCUT2D eigenvalue weighted by Crippen LogP contribution is -2.03. The van der Waals surface area contributed by atoms with Gasteiger partial charge < -0.3 is 5.32 Å². The Balaban J connectivity index is 1.68. The van der Waals surface area contributed by atoms with Crippen LogP contribution in [0.5, 0.6) is 0 Å². The van der Waals surface area contributed by atoms with Crippen molar-refractivity contribution in [2.45, 2.75) is 18.9 Å². The summed E-state index contributed by atoms with van der Waals surface area (Å²) in [7, 11) is 0. The van der Waals surface area contributed by atoms with E-state index in [9.17, 15) is 0 Å². The minimum absolute atomic E-state index is 0.561. The zero-order valence-electron chi connectivity index (χ0n) is 11.5. The molecule has 1 saturated carbocycles. The van der Waals surface area contributed by atoms with Gasteiger partial charge in [-0.3, -0.25) is 0 Å². The number of aromatic nitrogens is 4. The van der Waals surface area contributed by atoms with E-state index in [0.717, 1.165) is 22.4 Å². The predicted molar refractivity (Wildman–Crippen MR) is 83.6 cm³/mol. The van der Waals surface area contributed by atoms with Crippen molar-refractivity contribution in [3.05, 3.63) is 48.4 Å². The van der Waals surface area contributed by atoms with Crippen molar-refractivity contribution < 1.29 is 0 Å². The minimum atomic E-state index is 0.561. The average molecular weight is 277 g/mol. The van der Waals surface area contributed by atoms with Gasteiger partial charge in [0.15, 0.2) is 5.65 Å². The van der Waals surface area contributed by atoms with Crippen molar-refractivity contribution in [3.63, 3.8) is 0 Å². The molecule has 0 unspecified atom stereocenters. The number of nitrogens with one attached hydrogen (secondary N) is 1. The summed E-state index contributed by atoms with van der Waals surface area (Å²) < 4.78 is 1.78. The van der Waals surface area contributed by atoms with E-state index in [4.69, 9.17) is 0 Å². The van der Waals surface area contributed by atoms with Crippen molar-refractivity contribution >= 4 is 29.1 Å².